The van der Waals surface area contributed by atoms with Gasteiger partial charge in [0, 0.05) is 32.4 Å². The average Bonchev–Trinajstić information content (AvgIpc) is 2.75. The van der Waals surface area contributed by atoms with Crippen LogP contribution in [0.25, 0.3) is 0 Å². The molecule has 1 saturated carbocycles. The van der Waals surface area contributed by atoms with Crippen LogP contribution in [0.2, 0.25) is 0 Å². The van der Waals surface area contributed by atoms with Crippen molar-refractivity contribution in [3.05, 3.63) is 62.5 Å². The molecule has 0 aromatic heterocycles. The lowest BCUT2D eigenvalue weighted by atomic mass is 9.83. The van der Waals surface area contributed by atoms with Crippen LogP contribution in [0.5, 0.6) is 0 Å². The van der Waals surface area contributed by atoms with E-state index in [2.05, 4.69) is 50.2 Å². The van der Waals surface area contributed by atoms with Crippen molar-refractivity contribution in [1.82, 2.24) is 5.32 Å². The molecule has 1 amide bonds. The van der Waals surface area contributed by atoms with Crippen LogP contribution < -0.4 is 5.32 Å². The predicted octanol–water partition coefficient (Wildman–Crippen LogP) is 7.20. The van der Waals surface area contributed by atoms with Crippen LogP contribution in [-0.2, 0) is 4.79 Å². The fourth-order valence-corrected chi connectivity index (χ4v) is 5.51. The summed E-state index contributed by atoms with van der Waals surface area (Å²) in [6, 6.07) is 13.4. The van der Waals surface area contributed by atoms with Gasteiger partial charge in [0.25, 0.3) is 0 Å². The second-order valence-electron chi connectivity index (χ2n) is 8.52. The molecule has 1 unspecified atom stereocenters. The third-order valence-electron chi connectivity index (χ3n) is 5.94. The third kappa shape index (κ3) is 7.47. The number of amides is 1. The number of hydrogen-bond acceptors (Lipinski definition) is 3. The minimum absolute atomic E-state index is 0.0134. The Bertz CT molecular complexity index is 908. The van der Waals surface area contributed by atoms with Crippen LogP contribution in [-0.4, -0.2) is 23.5 Å². The van der Waals surface area contributed by atoms with Gasteiger partial charge >= 0.3 is 0 Å². The zero-order valence-corrected chi connectivity index (χ0v) is 22.0. The minimum atomic E-state index is -0.459. The highest BCUT2D eigenvalue weighted by Crippen LogP contribution is 2.31. The molecule has 0 spiro atoms. The number of aryl methyl sites for hydroxylation is 1. The van der Waals surface area contributed by atoms with Crippen LogP contribution in [0.4, 0.5) is 0 Å². The first-order valence-electron chi connectivity index (χ1n) is 10.8. The molecule has 1 N–H and O–H groups in total. The van der Waals surface area contributed by atoms with Gasteiger partial charge in [0.15, 0.2) is 5.78 Å². The number of carbonyl (C=O) groups excluding carboxylic acids is 2. The Morgan fingerprint density at radius 1 is 1.06 bits per heavy atom. The summed E-state index contributed by atoms with van der Waals surface area (Å²) in [5.74, 6) is 1.28. The van der Waals surface area contributed by atoms with Crippen molar-refractivity contribution in [3.63, 3.8) is 0 Å². The van der Waals surface area contributed by atoms with Gasteiger partial charge in [-0.25, -0.2) is 0 Å². The molecule has 31 heavy (non-hydrogen) atoms. The summed E-state index contributed by atoms with van der Waals surface area (Å²) in [5, 5.41) is 2.69. The summed E-state index contributed by atoms with van der Waals surface area (Å²) >= 11 is 8.40. The molecule has 0 bridgehead atoms. The molecule has 0 saturated heterocycles. The van der Waals surface area contributed by atoms with E-state index in [0.717, 1.165) is 25.3 Å². The van der Waals surface area contributed by atoms with Gasteiger partial charge < -0.3 is 5.32 Å². The molecule has 1 atom stereocenters. The van der Waals surface area contributed by atoms with E-state index < -0.39 is 5.25 Å². The summed E-state index contributed by atoms with van der Waals surface area (Å²) in [6.45, 7) is 5.03. The first-order valence-corrected chi connectivity index (χ1v) is 13.3. The van der Waals surface area contributed by atoms with E-state index in [1.807, 2.05) is 31.2 Å². The van der Waals surface area contributed by atoms with E-state index in [1.165, 1.54) is 37.4 Å². The van der Waals surface area contributed by atoms with Gasteiger partial charge in [-0.2, -0.15) is 0 Å². The van der Waals surface area contributed by atoms with Gasteiger partial charge in [-0.15, -0.1) is 11.8 Å². The fraction of sp³-hybridized carbons (Fsp3) is 0.440. The fourth-order valence-electron chi connectivity index (χ4n) is 3.86. The lowest BCUT2D eigenvalue weighted by Gasteiger charge is -2.27. The summed E-state index contributed by atoms with van der Waals surface area (Å²) in [4.78, 5) is 27.0. The number of halogens is 2. The second kappa shape index (κ2) is 11.7. The zero-order chi connectivity index (χ0) is 22.4. The number of Topliss-reactive ketones (excluding diaryl/α,β-unsaturated/α-hetero) is 1. The van der Waals surface area contributed by atoms with Crippen LogP contribution in [0.1, 0.15) is 54.9 Å². The monoisotopic (exact) mass is 565 g/mol. The van der Waals surface area contributed by atoms with Gasteiger partial charge in [0.2, 0.25) is 5.91 Å². The van der Waals surface area contributed by atoms with Gasteiger partial charge in [0.1, 0.15) is 0 Å². The van der Waals surface area contributed by atoms with Crippen LogP contribution in [0.3, 0.4) is 0 Å². The van der Waals surface area contributed by atoms with Crippen molar-refractivity contribution in [2.45, 2.75) is 56.1 Å². The van der Waals surface area contributed by atoms with Crippen molar-refractivity contribution < 1.29 is 9.59 Å². The third-order valence-corrected chi connectivity index (χ3v) is 8.55. The largest absolute Gasteiger partial charge is 0.355 e. The first-order chi connectivity index (χ1) is 14.8. The Balaban J connectivity index is 1.69. The second-order valence-corrected chi connectivity index (χ2v) is 11.6. The van der Waals surface area contributed by atoms with Crippen molar-refractivity contribution >= 4 is 55.3 Å². The molecular weight excluding hydrogens is 538 g/mol. The van der Waals surface area contributed by atoms with Gasteiger partial charge in [-0.05, 0) is 67.5 Å². The zero-order valence-electron chi connectivity index (χ0n) is 18.0. The van der Waals surface area contributed by atoms with Gasteiger partial charge in [-0.1, -0.05) is 63.8 Å². The highest BCUT2D eigenvalue weighted by molar-refractivity contribution is 9.10. The van der Waals surface area contributed by atoms with E-state index >= 15 is 0 Å². The molecule has 1 aliphatic carbocycles. The molecule has 3 rings (SSSR count). The van der Waals surface area contributed by atoms with Gasteiger partial charge in [-0.3, -0.25) is 9.59 Å². The molecule has 1 fully saturated rings. The van der Waals surface area contributed by atoms with Crippen LogP contribution in [0.15, 0.2) is 56.3 Å². The summed E-state index contributed by atoms with van der Waals surface area (Å²) in [7, 11) is 0. The molecule has 0 aliphatic heterocycles. The summed E-state index contributed by atoms with van der Waals surface area (Å²) in [5.41, 5.74) is 1.74. The van der Waals surface area contributed by atoms with E-state index in [1.54, 1.807) is 12.1 Å². The number of thioether (sulfide) groups is 1. The molecular formula is C25H29Br2NO2S. The van der Waals surface area contributed by atoms with Crippen molar-refractivity contribution in [1.29, 1.82) is 0 Å². The Morgan fingerprint density at radius 2 is 1.74 bits per heavy atom. The van der Waals surface area contributed by atoms with Gasteiger partial charge in [0.05, 0.1) is 5.25 Å². The number of nitrogens with one attached hydrogen (secondary N) is 1. The average molecular weight is 567 g/mol. The topological polar surface area (TPSA) is 46.2 Å². The molecule has 2 aromatic rings. The molecule has 166 valence electrons. The summed E-state index contributed by atoms with van der Waals surface area (Å²) in [6.07, 6.45) is 4.98. The SMILES string of the molecule is Cc1cc(SC(CC(=O)c2ccc(Br)cc2)C(=O)NCC2CCC(C)CC2)ccc1Br. The first kappa shape index (κ1) is 24.5. The number of hydrogen-bond donors (Lipinski definition) is 1. The molecule has 3 nitrogen and oxygen atoms in total. The van der Waals surface area contributed by atoms with Crippen molar-refractivity contribution in [3.8, 4) is 0 Å². The number of rotatable bonds is 8. The Kier molecular flexibility index (Phi) is 9.23. The highest BCUT2D eigenvalue weighted by atomic mass is 79.9. The number of ketones is 1. The van der Waals surface area contributed by atoms with E-state index in [4.69, 9.17) is 0 Å². The molecule has 1 aliphatic rings. The Morgan fingerprint density at radius 3 is 2.39 bits per heavy atom. The lowest BCUT2D eigenvalue weighted by Crippen LogP contribution is -2.37. The maximum Gasteiger partial charge on any atom is 0.233 e. The maximum atomic E-state index is 13.1. The quantitative estimate of drug-likeness (QED) is 0.271. The number of benzene rings is 2. The minimum Gasteiger partial charge on any atom is -0.355 e. The molecule has 2 aromatic carbocycles. The smallest absolute Gasteiger partial charge is 0.233 e. The van der Waals surface area contributed by atoms with Crippen molar-refractivity contribution in [2.75, 3.05) is 6.54 Å². The Hall–Kier alpha value is -1.11. The van der Waals surface area contributed by atoms with E-state index in [0.29, 0.717) is 18.0 Å². The lowest BCUT2D eigenvalue weighted by molar-refractivity contribution is -0.120. The van der Waals surface area contributed by atoms with Crippen molar-refractivity contribution in [2.24, 2.45) is 11.8 Å². The van der Waals surface area contributed by atoms with E-state index in [9.17, 15) is 9.59 Å². The Labute approximate surface area is 206 Å². The van der Waals surface area contributed by atoms with Crippen LogP contribution in [0, 0.1) is 18.8 Å². The standard InChI is InChI=1S/C25H29Br2NO2S/c1-16-3-5-18(6-4-16)15-28-25(30)24(31-21-11-12-22(27)17(2)13-21)14-23(29)19-7-9-20(26)10-8-19/h7-13,16,18,24H,3-6,14-15H2,1-2H3,(H,28,30). The predicted molar refractivity (Wildman–Crippen MR) is 136 cm³/mol. The highest BCUT2D eigenvalue weighted by Gasteiger charge is 2.26. The maximum absolute atomic E-state index is 13.1. The summed E-state index contributed by atoms with van der Waals surface area (Å²) < 4.78 is 1.97. The normalized spacial score (nSPS) is 19.6. The van der Waals surface area contributed by atoms with Crippen LogP contribution >= 0.6 is 43.6 Å². The van der Waals surface area contributed by atoms with E-state index in [-0.39, 0.29) is 18.1 Å². The molecule has 0 radical (unpaired) electrons. The number of carbonyl (C=O) groups is 2. The molecule has 0 heterocycles. The molecule has 6 heteroatoms.